The molecule has 0 spiro atoms. The first-order valence-electron chi connectivity index (χ1n) is 12.4. The van der Waals surface area contributed by atoms with Crippen LogP contribution in [-0.4, -0.2) is 34.8 Å². The number of carbonyl (C=O) groups excluding carboxylic acids is 2. The number of rotatable bonds is 6. The highest BCUT2D eigenvalue weighted by Crippen LogP contribution is 2.48. The fourth-order valence-electron chi connectivity index (χ4n) is 5.22. The highest BCUT2D eigenvalue weighted by atomic mass is 35.5. The summed E-state index contributed by atoms with van der Waals surface area (Å²) in [4.78, 5) is 33.8. The third-order valence-electron chi connectivity index (χ3n) is 7.04. The number of ether oxygens (including phenoxy) is 2. The van der Waals surface area contributed by atoms with E-state index in [0.717, 1.165) is 24.1 Å². The van der Waals surface area contributed by atoms with Gasteiger partial charge in [-0.25, -0.2) is 4.98 Å². The van der Waals surface area contributed by atoms with Gasteiger partial charge in [0.2, 0.25) is 0 Å². The van der Waals surface area contributed by atoms with E-state index in [2.05, 4.69) is 18.8 Å². The zero-order valence-electron chi connectivity index (χ0n) is 20.4. The normalized spacial score (nSPS) is 26.0. The van der Waals surface area contributed by atoms with Gasteiger partial charge < -0.3 is 9.47 Å². The number of aromatic nitrogens is 1. The molecule has 3 heterocycles. The van der Waals surface area contributed by atoms with E-state index < -0.39 is 6.04 Å². The zero-order chi connectivity index (χ0) is 24.7. The second-order valence-electron chi connectivity index (χ2n) is 10.1. The summed E-state index contributed by atoms with van der Waals surface area (Å²) in [6, 6.07) is 12.6. The number of amides is 1. The molecule has 184 valence electrons. The Balaban J connectivity index is 1.57. The van der Waals surface area contributed by atoms with Gasteiger partial charge in [0.15, 0.2) is 11.5 Å². The van der Waals surface area contributed by atoms with Crippen LogP contribution in [0.4, 0.5) is 5.82 Å². The molecule has 0 bridgehead atoms. The first-order valence-corrected chi connectivity index (χ1v) is 12.9. The minimum absolute atomic E-state index is 0.0405. The number of fused-ring (bicyclic) bond motifs is 1. The van der Waals surface area contributed by atoms with Gasteiger partial charge in [-0.2, -0.15) is 0 Å². The quantitative estimate of drug-likeness (QED) is 0.494. The van der Waals surface area contributed by atoms with Gasteiger partial charge in [-0.1, -0.05) is 32.0 Å². The van der Waals surface area contributed by atoms with Crippen molar-refractivity contribution in [3.63, 3.8) is 0 Å². The van der Waals surface area contributed by atoms with E-state index in [4.69, 9.17) is 21.1 Å². The Labute approximate surface area is 211 Å². The molecule has 3 aliphatic rings. The molecule has 1 aliphatic carbocycles. The average Bonchev–Trinajstić information content (AvgIpc) is 3.12. The van der Waals surface area contributed by atoms with Crippen molar-refractivity contribution in [1.82, 2.24) is 4.98 Å². The largest absolute Gasteiger partial charge is 0.494 e. The summed E-state index contributed by atoms with van der Waals surface area (Å²) in [6.45, 7) is 6.80. The number of aryl methyl sites for hydroxylation is 1. The molecular weight excluding hydrogens is 464 g/mol. The van der Waals surface area contributed by atoms with E-state index in [9.17, 15) is 9.59 Å². The number of anilines is 1. The predicted molar refractivity (Wildman–Crippen MR) is 134 cm³/mol. The third kappa shape index (κ3) is 4.56. The molecule has 5 rings (SSSR count). The first-order chi connectivity index (χ1) is 16.8. The Morgan fingerprint density at radius 1 is 1.17 bits per heavy atom. The average molecular weight is 495 g/mol. The van der Waals surface area contributed by atoms with Crippen LogP contribution in [0.5, 0.6) is 5.75 Å². The van der Waals surface area contributed by atoms with Crippen LogP contribution >= 0.6 is 11.6 Å². The molecule has 4 unspecified atom stereocenters. The van der Waals surface area contributed by atoms with Crippen molar-refractivity contribution < 1.29 is 19.1 Å². The van der Waals surface area contributed by atoms with Gasteiger partial charge in [0.05, 0.1) is 24.1 Å². The number of nitrogens with zero attached hydrogens (tertiary/aromatic N) is 2. The van der Waals surface area contributed by atoms with Crippen molar-refractivity contribution >= 4 is 29.1 Å². The maximum absolute atomic E-state index is 13.9. The van der Waals surface area contributed by atoms with Crippen LogP contribution in [0.1, 0.15) is 56.8 Å². The van der Waals surface area contributed by atoms with Gasteiger partial charge in [-0.05, 0) is 68.4 Å². The Kier molecular flexibility index (Phi) is 6.58. The molecule has 4 atom stereocenters. The molecule has 2 aromatic rings. The van der Waals surface area contributed by atoms with Crippen molar-refractivity contribution in [3.8, 4) is 5.75 Å². The summed E-state index contributed by atoms with van der Waals surface area (Å²) in [5.74, 6) is 1.19. The van der Waals surface area contributed by atoms with Crippen LogP contribution in [0.2, 0.25) is 0 Å². The maximum atomic E-state index is 13.9. The lowest BCUT2D eigenvalue weighted by Gasteiger charge is -2.37. The Morgan fingerprint density at radius 3 is 2.74 bits per heavy atom. The monoisotopic (exact) mass is 494 g/mol. The summed E-state index contributed by atoms with van der Waals surface area (Å²) in [7, 11) is 0. The van der Waals surface area contributed by atoms with E-state index in [0.29, 0.717) is 42.5 Å². The summed E-state index contributed by atoms with van der Waals surface area (Å²) in [5.41, 5.74) is 1.99. The molecule has 1 aromatic heterocycles. The molecule has 1 amide bonds. The summed E-state index contributed by atoms with van der Waals surface area (Å²) >= 11 is 6.43. The van der Waals surface area contributed by atoms with Crippen molar-refractivity contribution in [2.24, 2.45) is 11.8 Å². The molecule has 0 saturated heterocycles. The van der Waals surface area contributed by atoms with Crippen molar-refractivity contribution in [1.29, 1.82) is 0 Å². The summed E-state index contributed by atoms with van der Waals surface area (Å²) in [6.07, 6.45) is 2.63. The number of hydrogen-bond acceptors (Lipinski definition) is 5. The minimum atomic E-state index is -0.635. The standard InChI is InChI=1S/C28H31ClN2O4/c1-16(2)12-13-34-20-8-5-7-18(14-20)25-24-26(32)21-15-19(29)10-11-22(21)35-27(24)28(33)31(25)23-9-4-6-17(3)30-23/h4-9,14,16,19,21-22,25H,10-13,15H2,1-3H3. The zero-order valence-corrected chi connectivity index (χ0v) is 21.1. The lowest BCUT2D eigenvalue weighted by Crippen LogP contribution is -2.41. The number of hydrogen-bond donors (Lipinski definition) is 0. The topological polar surface area (TPSA) is 68.7 Å². The molecule has 0 N–H and O–H groups in total. The van der Waals surface area contributed by atoms with Crippen molar-refractivity contribution in [3.05, 3.63) is 65.1 Å². The highest BCUT2D eigenvalue weighted by Gasteiger charge is 2.53. The van der Waals surface area contributed by atoms with E-state index in [1.54, 1.807) is 11.0 Å². The third-order valence-corrected chi connectivity index (χ3v) is 7.44. The minimum Gasteiger partial charge on any atom is -0.494 e. The number of carbonyl (C=O) groups is 2. The number of benzene rings is 1. The van der Waals surface area contributed by atoms with Gasteiger partial charge in [0.1, 0.15) is 17.7 Å². The lowest BCUT2D eigenvalue weighted by atomic mass is 9.77. The molecule has 35 heavy (non-hydrogen) atoms. The lowest BCUT2D eigenvalue weighted by molar-refractivity contribution is -0.131. The van der Waals surface area contributed by atoms with Gasteiger partial charge in [0.25, 0.3) is 5.91 Å². The van der Waals surface area contributed by atoms with Gasteiger partial charge in [0, 0.05) is 11.1 Å². The van der Waals surface area contributed by atoms with Crippen LogP contribution in [0.15, 0.2) is 53.8 Å². The molecular formula is C28H31ClN2O4. The molecule has 6 nitrogen and oxygen atoms in total. The molecule has 2 aliphatic heterocycles. The fraction of sp³-hybridized carbons (Fsp3) is 0.464. The Hall–Kier alpha value is -2.86. The number of alkyl halides is 1. The van der Waals surface area contributed by atoms with Gasteiger partial charge in [-0.15, -0.1) is 11.6 Å². The highest BCUT2D eigenvalue weighted by molar-refractivity contribution is 6.21. The fourth-order valence-corrected chi connectivity index (χ4v) is 5.53. The van der Waals surface area contributed by atoms with Crippen molar-refractivity contribution in [2.75, 3.05) is 11.5 Å². The molecule has 1 aromatic carbocycles. The van der Waals surface area contributed by atoms with Crippen LogP contribution < -0.4 is 9.64 Å². The van der Waals surface area contributed by atoms with E-state index in [1.165, 1.54) is 0 Å². The van der Waals surface area contributed by atoms with Crippen molar-refractivity contribution in [2.45, 2.75) is 64.0 Å². The number of ketones is 1. The van der Waals surface area contributed by atoms with E-state index in [1.807, 2.05) is 43.3 Å². The van der Waals surface area contributed by atoms with E-state index in [-0.39, 0.29) is 34.8 Å². The summed E-state index contributed by atoms with van der Waals surface area (Å²) in [5, 5.41) is -0.0614. The molecule has 1 fully saturated rings. The van der Waals surface area contributed by atoms with Crippen LogP contribution in [0, 0.1) is 18.8 Å². The second kappa shape index (κ2) is 9.65. The SMILES string of the molecule is Cc1cccc(N2C(=O)C3=C(C(=O)C4CC(Cl)CCC4O3)C2c2cccc(OCCC(C)C)c2)n1. The van der Waals surface area contributed by atoms with Crippen LogP contribution in [0.25, 0.3) is 0 Å². The van der Waals surface area contributed by atoms with Gasteiger partial charge >= 0.3 is 0 Å². The maximum Gasteiger partial charge on any atom is 0.295 e. The molecule has 0 radical (unpaired) electrons. The first kappa shape index (κ1) is 23.9. The second-order valence-corrected chi connectivity index (χ2v) is 10.7. The number of pyridine rings is 1. The summed E-state index contributed by atoms with van der Waals surface area (Å²) < 4.78 is 12.2. The van der Waals surface area contributed by atoms with Gasteiger partial charge in [-0.3, -0.25) is 14.5 Å². The van der Waals surface area contributed by atoms with Crippen LogP contribution in [0.3, 0.4) is 0 Å². The Morgan fingerprint density at radius 2 is 1.97 bits per heavy atom. The Bertz CT molecular complexity index is 1180. The number of halogens is 1. The predicted octanol–water partition coefficient (Wildman–Crippen LogP) is 5.53. The number of Topliss-reactive ketones (excluding diaryl/α,β-unsaturated/α-hetero) is 1. The molecule has 1 saturated carbocycles. The molecule has 7 heteroatoms. The van der Waals surface area contributed by atoms with E-state index >= 15 is 0 Å². The van der Waals surface area contributed by atoms with Crippen LogP contribution in [-0.2, 0) is 14.3 Å². The smallest absolute Gasteiger partial charge is 0.295 e.